The summed E-state index contributed by atoms with van der Waals surface area (Å²) in [4.78, 5) is 36.7. The second-order valence-corrected chi connectivity index (χ2v) is 10.1. The normalized spacial score (nSPS) is 16.2. The lowest BCUT2D eigenvalue weighted by Gasteiger charge is -2.20. The number of fused-ring (bicyclic) bond motifs is 3. The first-order valence-electron chi connectivity index (χ1n) is 12.4. The Morgan fingerprint density at radius 1 is 1.00 bits per heavy atom. The third kappa shape index (κ3) is 6.21. The standard InChI is InChI=1S/C28H34N2O5/c1-17(2)13-19(27(32)33)15-29-26(31)14-25(18-11-12-18)30-28(34)35-16-24-22-9-5-3-7-20(22)21-8-4-6-10-23(21)24/h3-10,17-19,24-25H,11-16H2,1-2H3,(H,29,31)(H,30,34)(H,32,33). The van der Waals surface area contributed by atoms with Crippen molar-refractivity contribution >= 4 is 18.0 Å². The zero-order chi connectivity index (χ0) is 24.9. The number of amides is 2. The maximum Gasteiger partial charge on any atom is 0.407 e. The van der Waals surface area contributed by atoms with Gasteiger partial charge < -0.3 is 20.5 Å². The highest BCUT2D eigenvalue weighted by Crippen LogP contribution is 2.44. The van der Waals surface area contributed by atoms with Crippen molar-refractivity contribution in [3.63, 3.8) is 0 Å². The molecule has 0 bridgehead atoms. The van der Waals surface area contributed by atoms with Crippen molar-refractivity contribution < 1.29 is 24.2 Å². The Morgan fingerprint density at radius 3 is 2.14 bits per heavy atom. The SMILES string of the molecule is CC(C)CC(CNC(=O)CC(NC(=O)OCC1c2ccccc2-c2ccccc21)C1CC1)C(=O)O. The van der Waals surface area contributed by atoms with Gasteiger partial charge in [0, 0.05) is 24.9 Å². The van der Waals surface area contributed by atoms with E-state index in [1.54, 1.807) is 0 Å². The highest BCUT2D eigenvalue weighted by molar-refractivity contribution is 5.80. The Kier molecular flexibility index (Phi) is 7.73. The lowest BCUT2D eigenvalue weighted by molar-refractivity contribution is -0.142. The van der Waals surface area contributed by atoms with Gasteiger partial charge in [-0.1, -0.05) is 62.4 Å². The lowest BCUT2D eigenvalue weighted by Crippen LogP contribution is -2.42. The van der Waals surface area contributed by atoms with Crippen LogP contribution in [0.25, 0.3) is 11.1 Å². The van der Waals surface area contributed by atoms with Crippen LogP contribution in [0.1, 0.15) is 56.6 Å². The van der Waals surface area contributed by atoms with E-state index in [0.717, 1.165) is 24.0 Å². The number of hydrogen-bond donors (Lipinski definition) is 3. The predicted molar refractivity (Wildman–Crippen MR) is 133 cm³/mol. The van der Waals surface area contributed by atoms with E-state index in [1.165, 1.54) is 11.1 Å². The zero-order valence-corrected chi connectivity index (χ0v) is 20.3. The van der Waals surface area contributed by atoms with E-state index in [-0.39, 0.29) is 49.3 Å². The summed E-state index contributed by atoms with van der Waals surface area (Å²) in [6.45, 7) is 4.23. The molecule has 35 heavy (non-hydrogen) atoms. The topological polar surface area (TPSA) is 105 Å². The van der Waals surface area contributed by atoms with Crippen LogP contribution >= 0.6 is 0 Å². The molecule has 0 saturated heterocycles. The van der Waals surface area contributed by atoms with Crippen LogP contribution in [0, 0.1) is 17.8 Å². The van der Waals surface area contributed by atoms with E-state index < -0.39 is 18.0 Å². The van der Waals surface area contributed by atoms with Crippen molar-refractivity contribution in [2.45, 2.75) is 51.5 Å². The first-order chi connectivity index (χ1) is 16.8. The van der Waals surface area contributed by atoms with Crippen LogP contribution in [-0.4, -0.2) is 42.3 Å². The molecule has 1 saturated carbocycles. The molecule has 2 aliphatic carbocycles. The maximum absolute atomic E-state index is 12.7. The van der Waals surface area contributed by atoms with E-state index >= 15 is 0 Å². The second kappa shape index (κ2) is 10.9. The second-order valence-electron chi connectivity index (χ2n) is 10.1. The van der Waals surface area contributed by atoms with Crippen molar-refractivity contribution in [2.75, 3.05) is 13.2 Å². The molecule has 2 amide bonds. The molecule has 0 aliphatic heterocycles. The lowest BCUT2D eigenvalue weighted by atomic mass is 9.97. The number of benzene rings is 2. The fraction of sp³-hybridized carbons (Fsp3) is 0.464. The molecule has 0 heterocycles. The number of carbonyl (C=O) groups excluding carboxylic acids is 2. The quantitative estimate of drug-likeness (QED) is 0.439. The molecular weight excluding hydrogens is 444 g/mol. The number of carboxylic acids is 1. The summed E-state index contributed by atoms with van der Waals surface area (Å²) in [6.07, 6.45) is 1.99. The molecule has 4 rings (SSSR count). The average Bonchev–Trinajstić information content (AvgIpc) is 3.63. The summed E-state index contributed by atoms with van der Waals surface area (Å²) >= 11 is 0. The Labute approximate surface area is 206 Å². The summed E-state index contributed by atoms with van der Waals surface area (Å²) in [6, 6.07) is 16.0. The van der Waals surface area contributed by atoms with Gasteiger partial charge in [-0.05, 0) is 53.4 Å². The van der Waals surface area contributed by atoms with E-state index in [2.05, 4.69) is 34.9 Å². The zero-order valence-electron chi connectivity index (χ0n) is 20.3. The van der Waals surface area contributed by atoms with Crippen LogP contribution in [0.5, 0.6) is 0 Å². The molecule has 2 unspecified atom stereocenters. The summed E-state index contributed by atoms with van der Waals surface area (Å²) in [5.74, 6) is -1.34. The molecule has 0 aromatic heterocycles. The fourth-order valence-electron chi connectivity index (χ4n) is 4.98. The third-order valence-corrected chi connectivity index (χ3v) is 6.89. The Hall–Kier alpha value is -3.35. The van der Waals surface area contributed by atoms with Gasteiger partial charge in [-0.2, -0.15) is 0 Å². The molecule has 186 valence electrons. The first kappa shape index (κ1) is 24.8. The highest BCUT2D eigenvalue weighted by Gasteiger charge is 2.35. The number of alkyl carbamates (subject to hydrolysis) is 1. The monoisotopic (exact) mass is 478 g/mol. The molecule has 2 aromatic rings. The minimum Gasteiger partial charge on any atom is -0.481 e. The van der Waals surface area contributed by atoms with Crippen LogP contribution in [-0.2, 0) is 14.3 Å². The van der Waals surface area contributed by atoms with E-state index in [9.17, 15) is 19.5 Å². The maximum atomic E-state index is 12.7. The molecule has 3 N–H and O–H groups in total. The molecule has 1 fully saturated rings. The first-order valence-corrected chi connectivity index (χ1v) is 12.4. The molecule has 7 heteroatoms. The van der Waals surface area contributed by atoms with Gasteiger partial charge in [-0.3, -0.25) is 9.59 Å². The number of rotatable bonds is 11. The molecule has 0 radical (unpaired) electrons. The van der Waals surface area contributed by atoms with Gasteiger partial charge in [0.15, 0.2) is 0 Å². The van der Waals surface area contributed by atoms with Gasteiger partial charge in [0.05, 0.1) is 5.92 Å². The van der Waals surface area contributed by atoms with Gasteiger partial charge in [0.25, 0.3) is 0 Å². The van der Waals surface area contributed by atoms with Crippen LogP contribution in [0.2, 0.25) is 0 Å². The molecule has 2 aromatic carbocycles. The van der Waals surface area contributed by atoms with Crippen LogP contribution in [0.3, 0.4) is 0 Å². The Balaban J connectivity index is 1.31. The van der Waals surface area contributed by atoms with Crippen molar-refractivity contribution in [1.82, 2.24) is 10.6 Å². The van der Waals surface area contributed by atoms with E-state index in [4.69, 9.17) is 4.74 Å². The predicted octanol–water partition coefficient (Wildman–Crippen LogP) is 4.56. The third-order valence-electron chi connectivity index (χ3n) is 6.89. The molecular formula is C28H34N2O5. The van der Waals surface area contributed by atoms with Gasteiger partial charge in [-0.25, -0.2) is 4.79 Å². The van der Waals surface area contributed by atoms with Crippen LogP contribution < -0.4 is 10.6 Å². The highest BCUT2D eigenvalue weighted by atomic mass is 16.5. The average molecular weight is 479 g/mol. The Morgan fingerprint density at radius 2 is 1.60 bits per heavy atom. The molecule has 2 aliphatic rings. The number of aliphatic carboxylic acids is 1. The molecule has 7 nitrogen and oxygen atoms in total. The van der Waals surface area contributed by atoms with Crippen molar-refractivity contribution in [3.8, 4) is 11.1 Å². The fourth-order valence-corrected chi connectivity index (χ4v) is 4.98. The van der Waals surface area contributed by atoms with Crippen molar-refractivity contribution in [2.24, 2.45) is 17.8 Å². The number of nitrogens with one attached hydrogen (secondary N) is 2. The number of ether oxygens (including phenoxy) is 1. The number of carbonyl (C=O) groups is 3. The smallest absolute Gasteiger partial charge is 0.407 e. The Bertz CT molecular complexity index is 1030. The summed E-state index contributed by atoms with van der Waals surface area (Å²) in [7, 11) is 0. The van der Waals surface area contributed by atoms with Gasteiger partial charge in [0.2, 0.25) is 5.91 Å². The summed E-state index contributed by atoms with van der Waals surface area (Å²) < 4.78 is 5.64. The van der Waals surface area contributed by atoms with Gasteiger partial charge in [-0.15, -0.1) is 0 Å². The van der Waals surface area contributed by atoms with Gasteiger partial charge >= 0.3 is 12.1 Å². The van der Waals surface area contributed by atoms with E-state index in [1.807, 2.05) is 38.1 Å². The largest absolute Gasteiger partial charge is 0.481 e. The number of carboxylic acid groups (broad SMARTS) is 1. The number of hydrogen-bond acceptors (Lipinski definition) is 4. The minimum absolute atomic E-state index is 0.0234. The summed E-state index contributed by atoms with van der Waals surface area (Å²) in [5, 5.41) is 15.0. The van der Waals surface area contributed by atoms with Crippen molar-refractivity contribution in [3.05, 3.63) is 59.7 Å². The summed E-state index contributed by atoms with van der Waals surface area (Å²) in [5.41, 5.74) is 4.63. The van der Waals surface area contributed by atoms with Gasteiger partial charge in [0.1, 0.15) is 6.61 Å². The van der Waals surface area contributed by atoms with E-state index in [0.29, 0.717) is 6.42 Å². The molecule has 2 atom stereocenters. The minimum atomic E-state index is -0.908. The van der Waals surface area contributed by atoms with Crippen LogP contribution in [0.15, 0.2) is 48.5 Å². The van der Waals surface area contributed by atoms with Crippen LogP contribution in [0.4, 0.5) is 4.79 Å². The molecule has 0 spiro atoms. The van der Waals surface area contributed by atoms with Crippen molar-refractivity contribution in [1.29, 1.82) is 0 Å².